The van der Waals surface area contributed by atoms with Crippen LogP contribution in [0.4, 0.5) is 4.39 Å². The highest BCUT2D eigenvalue weighted by atomic mass is 32.2. The van der Waals surface area contributed by atoms with E-state index in [1.165, 1.54) is 38.2 Å². The molecule has 1 atom stereocenters. The number of likely N-dealkylation sites (N-methyl/N-ethyl adjacent to an activating group) is 2. The van der Waals surface area contributed by atoms with E-state index in [0.29, 0.717) is 12.1 Å². The van der Waals surface area contributed by atoms with Crippen LogP contribution in [-0.4, -0.2) is 60.3 Å². The van der Waals surface area contributed by atoms with E-state index < -0.39 is 0 Å². The van der Waals surface area contributed by atoms with Gasteiger partial charge < -0.3 is 9.80 Å². The van der Waals surface area contributed by atoms with E-state index in [0.717, 1.165) is 25.2 Å². The van der Waals surface area contributed by atoms with Crippen LogP contribution in [0.5, 0.6) is 0 Å². The van der Waals surface area contributed by atoms with Crippen LogP contribution in [0.15, 0.2) is 29.7 Å². The molecule has 29 heavy (non-hydrogen) atoms. The van der Waals surface area contributed by atoms with Crippen molar-refractivity contribution in [1.29, 1.82) is 0 Å². The first-order valence-electron chi connectivity index (χ1n) is 10.8. The summed E-state index contributed by atoms with van der Waals surface area (Å²) in [6.45, 7) is 8.42. The zero-order valence-corrected chi connectivity index (χ0v) is 19.6. The number of hydrogen-bond acceptors (Lipinski definition) is 4. The molecule has 0 N–H and O–H groups in total. The summed E-state index contributed by atoms with van der Waals surface area (Å²) in [6, 6.07) is 6.84. The lowest BCUT2D eigenvalue weighted by molar-refractivity contribution is -0.117. The summed E-state index contributed by atoms with van der Waals surface area (Å²) in [5.74, 6) is -0.203. The highest BCUT2D eigenvalue weighted by Gasteiger charge is 2.30. The molecule has 1 amide bonds. The minimum Gasteiger partial charge on any atom is -0.349 e. The molecule has 6 heteroatoms. The molecule has 1 aromatic rings. The second-order valence-corrected chi connectivity index (χ2v) is 7.97. The zero-order valence-electron chi connectivity index (χ0n) is 18.7. The van der Waals surface area contributed by atoms with E-state index in [9.17, 15) is 9.18 Å². The van der Waals surface area contributed by atoms with Gasteiger partial charge in [-0.25, -0.2) is 4.39 Å². The summed E-state index contributed by atoms with van der Waals surface area (Å²) in [5, 5.41) is 2.01. The monoisotopic (exact) mass is 423 g/mol. The number of carbonyl (C=O) groups excluding carboxylic acids is 1. The Morgan fingerprint density at radius 3 is 2.24 bits per heavy atom. The number of benzene rings is 1. The molecule has 0 radical (unpaired) electrons. The molecule has 0 bridgehead atoms. The van der Waals surface area contributed by atoms with Crippen LogP contribution in [-0.2, 0) is 4.79 Å². The zero-order chi connectivity index (χ0) is 21.6. The Balaban J connectivity index is 0.000000512. The highest BCUT2D eigenvalue weighted by Crippen LogP contribution is 2.37. The molecule has 1 saturated carbocycles. The van der Waals surface area contributed by atoms with E-state index in [2.05, 4.69) is 16.7 Å². The molecule has 2 aliphatic rings. The molecule has 1 heterocycles. The molecule has 0 saturated heterocycles. The average molecular weight is 424 g/mol. The van der Waals surface area contributed by atoms with Gasteiger partial charge in [-0.1, -0.05) is 76.8 Å². The van der Waals surface area contributed by atoms with E-state index in [1.807, 2.05) is 32.4 Å². The smallest absolute Gasteiger partial charge is 0.209 e. The lowest BCUT2D eigenvalue weighted by atomic mass is 10.1. The van der Waals surface area contributed by atoms with Gasteiger partial charge in [0.2, 0.25) is 6.41 Å². The number of thioether (sulfide) groups is 1. The van der Waals surface area contributed by atoms with E-state index in [-0.39, 0.29) is 11.3 Å². The molecule has 164 valence electrons. The number of amides is 1. The Labute approximate surface area is 181 Å². The summed E-state index contributed by atoms with van der Waals surface area (Å²) in [5.41, 5.74) is 1.65. The fourth-order valence-electron chi connectivity index (χ4n) is 3.32. The average Bonchev–Trinajstić information content (AvgIpc) is 3.45. The van der Waals surface area contributed by atoms with Crippen molar-refractivity contribution in [3.05, 3.63) is 41.1 Å². The standard InChI is InChI=1S/C16H22FN3OS.C5H10.C2H6/c1-4-20(10-9-18(2)12-21)16-19(3)15(11-22-16)13-7-5-6-8-14(13)17;1-2-4-5-3-1;1-2/h5-8,11-12,16H,4,9-10H2,1-3H3;1-5H2;1-2H3. The largest absolute Gasteiger partial charge is 0.349 e. The van der Waals surface area contributed by atoms with Gasteiger partial charge in [0.05, 0.1) is 5.70 Å². The maximum absolute atomic E-state index is 14.0. The van der Waals surface area contributed by atoms with Crippen molar-refractivity contribution < 1.29 is 9.18 Å². The lowest BCUT2D eigenvalue weighted by Crippen LogP contribution is -2.44. The van der Waals surface area contributed by atoms with Gasteiger partial charge in [0, 0.05) is 32.7 Å². The van der Waals surface area contributed by atoms with Crippen LogP contribution in [0.1, 0.15) is 58.4 Å². The van der Waals surface area contributed by atoms with Crippen molar-refractivity contribution in [3.8, 4) is 0 Å². The van der Waals surface area contributed by atoms with Gasteiger partial charge in [-0.05, 0) is 24.1 Å². The number of carbonyl (C=O) groups is 1. The lowest BCUT2D eigenvalue weighted by Gasteiger charge is -2.34. The maximum Gasteiger partial charge on any atom is 0.209 e. The Morgan fingerprint density at radius 1 is 1.14 bits per heavy atom. The van der Waals surface area contributed by atoms with Crippen molar-refractivity contribution in [1.82, 2.24) is 14.7 Å². The Morgan fingerprint density at radius 2 is 1.72 bits per heavy atom. The van der Waals surface area contributed by atoms with Crippen LogP contribution < -0.4 is 0 Å². The van der Waals surface area contributed by atoms with Crippen molar-refractivity contribution in [3.63, 3.8) is 0 Å². The molecule has 1 aliphatic carbocycles. The van der Waals surface area contributed by atoms with Crippen LogP contribution in [0, 0.1) is 5.82 Å². The van der Waals surface area contributed by atoms with Crippen molar-refractivity contribution in [2.24, 2.45) is 0 Å². The van der Waals surface area contributed by atoms with Gasteiger partial charge >= 0.3 is 0 Å². The van der Waals surface area contributed by atoms with Gasteiger partial charge in [0.1, 0.15) is 11.3 Å². The van der Waals surface area contributed by atoms with Crippen LogP contribution in [0.3, 0.4) is 0 Å². The number of halogens is 1. The van der Waals surface area contributed by atoms with Gasteiger partial charge in [0.15, 0.2) is 0 Å². The van der Waals surface area contributed by atoms with Crippen molar-refractivity contribution in [2.75, 3.05) is 33.7 Å². The van der Waals surface area contributed by atoms with E-state index in [1.54, 1.807) is 35.8 Å². The molecule has 4 nitrogen and oxygen atoms in total. The Bertz CT molecular complexity index is 614. The molecule has 1 aliphatic heterocycles. The first-order chi connectivity index (χ1) is 14.1. The van der Waals surface area contributed by atoms with Gasteiger partial charge in [-0.2, -0.15) is 0 Å². The second kappa shape index (κ2) is 14.5. The molecule has 1 aromatic carbocycles. The molecule has 0 spiro atoms. The molecular weight excluding hydrogens is 385 g/mol. The third kappa shape index (κ3) is 8.01. The van der Waals surface area contributed by atoms with Crippen LogP contribution >= 0.6 is 11.8 Å². The van der Waals surface area contributed by atoms with E-state index in [4.69, 9.17) is 0 Å². The van der Waals surface area contributed by atoms with E-state index >= 15 is 0 Å². The summed E-state index contributed by atoms with van der Waals surface area (Å²) in [7, 11) is 3.75. The quantitative estimate of drug-likeness (QED) is 0.543. The number of rotatable bonds is 7. The predicted molar refractivity (Wildman–Crippen MR) is 124 cm³/mol. The third-order valence-corrected chi connectivity index (χ3v) is 6.27. The molecular formula is C23H38FN3OS. The fraction of sp³-hybridized carbons (Fsp3) is 0.609. The van der Waals surface area contributed by atoms with Gasteiger partial charge in [0.25, 0.3) is 0 Å². The topological polar surface area (TPSA) is 26.8 Å². The summed E-state index contributed by atoms with van der Waals surface area (Å²) < 4.78 is 14.0. The fourth-order valence-corrected chi connectivity index (χ4v) is 4.59. The van der Waals surface area contributed by atoms with Gasteiger partial charge in [-0.15, -0.1) is 0 Å². The summed E-state index contributed by atoms with van der Waals surface area (Å²) >= 11 is 1.67. The summed E-state index contributed by atoms with van der Waals surface area (Å²) in [6.07, 6.45) is 8.34. The molecule has 1 unspecified atom stereocenters. The minimum absolute atomic E-state index is 0.125. The normalized spacial score (nSPS) is 17.8. The minimum atomic E-state index is -0.203. The van der Waals surface area contributed by atoms with Crippen molar-refractivity contribution >= 4 is 23.9 Å². The highest BCUT2D eigenvalue weighted by molar-refractivity contribution is 8.03. The first-order valence-corrected chi connectivity index (χ1v) is 11.8. The van der Waals surface area contributed by atoms with Crippen LogP contribution in [0.25, 0.3) is 5.70 Å². The second-order valence-electron chi connectivity index (χ2n) is 7.04. The predicted octanol–water partition coefficient (Wildman–Crippen LogP) is 5.47. The molecule has 0 aromatic heterocycles. The Hall–Kier alpha value is -1.53. The Kier molecular flexibility index (Phi) is 12.7. The molecule has 1 fully saturated rings. The third-order valence-electron chi connectivity index (χ3n) is 5.05. The number of nitrogens with zero attached hydrogens (tertiary/aromatic N) is 3. The number of hydrogen-bond donors (Lipinski definition) is 0. The summed E-state index contributed by atoms with van der Waals surface area (Å²) in [4.78, 5) is 16.7. The first kappa shape index (κ1) is 25.5. The molecule has 3 rings (SSSR count). The van der Waals surface area contributed by atoms with Crippen molar-refractivity contribution in [2.45, 2.75) is 58.4 Å². The SMILES string of the molecule is C1CCCC1.CC.CCN(CCN(C)C=O)C1SC=C(c2ccccc2F)N1C. The van der Waals surface area contributed by atoms with Crippen LogP contribution in [0.2, 0.25) is 0 Å². The van der Waals surface area contributed by atoms with Gasteiger partial charge in [-0.3, -0.25) is 9.69 Å². The maximum atomic E-state index is 14.0.